The van der Waals surface area contributed by atoms with Gasteiger partial charge in [0, 0.05) is 4.88 Å². The number of hydrogen-bond acceptors (Lipinski definition) is 2. The van der Waals surface area contributed by atoms with E-state index in [0.29, 0.717) is 5.41 Å². The maximum Gasteiger partial charge on any atom is 0.0900 e. The topological polar surface area (TPSA) is 12.9 Å². The number of aromatic nitrogens is 1. The quantitative estimate of drug-likeness (QED) is 0.599. The molecule has 0 N–H and O–H groups in total. The molecular formula is C10H15NS. The second kappa shape index (κ2) is 2.56. The third kappa shape index (κ3) is 1.40. The summed E-state index contributed by atoms with van der Waals surface area (Å²) in [5.74, 6) is 0. The van der Waals surface area contributed by atoms with Crippen molar-refractivity contribution in [1.29, 1.82) is 0 Å². The molecule has 66 valence electrons. The molecule has 1 aromatic rings. The first kappa shape index (κ1) is 8.24. The summed E-state index contributed by atoms with van der Waals surface area (Å²) in [5, 5.41) is 1.23. The lowest BCUT2D eigenvalue weighted by atomic mass is 9.79. The van der Waals surface area contributed by atoms with Crippen LogP contribution in [0.1, 0.15) is 35.8 Å². The zero-order valence-electron chi connectivity index (χ0n) is 7.98. The predicted molar refractivity (Wildman–Crippen MR) is 52.7 cm³/mol. The average Bonchev–Trinajstić information content (AvgIpc) is 2.26. The second-order valence-corrected chi connectivity index (χ2v) is 5.73. The van der Waals surface area contributed by atoms with E-state index < -0.39 is 0 Å². The molecule has 0 spiro atoms. The van der Waals surface area contributed by atoms with E-state index >= 15 is 0 Å². The molecule has 0 radical (unpaired) electrons. The fourth-order valence-electron chi connectivity index (χ4n) is 1.84. The van der Waals surface area contributed by atoms with Crippen molar-refractivity contribution in [2.45, 2.75) is 40.0 Å². The number of nitrogens with zero attached hydrogens (tertiary/aromatic N) is 1. The number of fused-ring (bicyclic) bond motifs is 1. The predicted octanol–water partition coefficient (Wildman–Crippen LogP) is 2.97. The Balaban J connectivity index is 2.34. The Hall–Kier alpha value is -0.370. The summed E-state index contributed by atoms with van der Waals surface area (Å²) in [6.45, 7) is 6.78. The fraction of sp³-hybridized carbons (Fsp3) is 0.700. The van der Waals surface area contributed by atoms with Crippen LogP contribution < -0.4 is 0 Å². The van der Waals surface area contributed by atoms with E-state index in [1.807, 2.05) is 11.3 Å². The van der Waals surface area contributed by atoms with Crippen LogP contribution in [0.2, 0.25) is 0 Å². The van der Waals surface area contributed by atoms with E-state index in [1.54, 1.807) is 0 Å². The minimum absolute atomic E-state index is 0.480. The van der Waals surface area contributed by atoms with Crippen molar-refractivity contribution in [3.05, 3.63) is 15.6 Å². The van der Waals surface area contributed by atoms with Crippen LogP contribution >= 0.6 is 11.3 Å². The Bertz CT molecular complexity index is 299. The lowest BCUT2D eigenvalue weighted by molar-refractivity contribution is 0.314. The van der Waals surface area contributed by atoms with Gasteiger partial charge >= 0.3 is 0 Å². The van der Waals surface area contributed by atoms with Crippen LogP contribution in [0.3, 0.4) is 0 Å². The number of aryl methyl sites for hydroxylation is 2. The maximum atomic E-state index is 4.57. The molecule has 12 heavy (non-hydrogen) atoms. The summed E-state index contributed by atoms with van der Waals surface area (Å²) < 4.78 is 0. The summed E-state index contributed by atoms with van der Waals surface area (Å²) in [5.41, 5.74) is 1.85. The van der Waals surface area contributed by atoms with Gasteiger partial charge in [0.1, 0.15) is 0 Å². The van der Waals surface area contributed by atoms with Gasteiger partial charge in [0.2, 0.25) is 0 Å². The van der Waals surface area contributed by atoms with Crippen LogP contribution in [0.25, 0.3) is 0 Å². The highest BCUT2D eigenvalue weighted by Crippen LogP contribution is 2.36. The largest absolute Gasteiger partial charge is 0.246 e. The molecule has 0 aliphatic heterocycles. The minimum atomic E-state index is 0.480. The van der Waals surface area contributed by atoms with E-state index in [0.717, 1.165) is 0 Å². The highest BCUT2D eigenvalue weighted by molar-refractivity contribution is 7.11. The Morgan fingerprint density at radius 2 is 2.17 bits per heavy atom. The minimum Gasteiger partial charge on any atom is -0.246 e. The van der Waals surface area contributed by atoms with Crippen molar-refractivity contribution in [3.8, 4) is 0 Å². The first-order chi connectivity index (χ1) is 5.57. The van der Waals surface area contributed by atoms with Crippen molar-refractivity contribution in [3.63, 3.8) is 0 Å². The average molecular weight is 181 g/mol. The first-order valence-corrected chi connectivity index (χ1v) is 5.34. The summed E-state index contributed by atoms with van der Waals surface area (Å²) in [7, 11) is 0. The van der Waals surface area contributed by atoms with Gasteiger partial charge in [-0.3, -0.25) is 0 Å². The monoisotopic (exact) mass is 181 g/mol. The second-order valence-electron chi connectivity index (χ2n) is 4.44. The van der Waals surface area contributed by atoms with Gasteiger partial charge < -0.3 is 0 Å². The number of thiazole rings is 1. The highest BCUT2D eigenvalue weighted by Gasteiger charge is 2.27. The molecule has 0 saturated carbocycles. The zero-order chi connectivity index (χ0) is 8.77. The van der Waals surface area contributed by atoms with Crippen LogP contribution in [0.4, 0.5) is 0 Å². The first-order valence-electron chi connectivity index (χ1n) is 4.52. The summed E-state index contributed by atoms with van der Waals surface area (Å²) in [6.07, 6.45) is 3.74. The Morgan fingerprint density at radius 3 is 2.92 bits per heavy atom. The fourth-order valence-corrected chi connectivity index (χ4v) is 2.79. The molecule has 2 heteroatoms. The molecule has 0 aromatic carbocycles. The Labute approximate surface area is 77.8 Å². The molecule has 2 rings (SSSR count). The lowest BCUT2D eigenvalue weighted by Crippen LogP contribution is -2.21. The van der Waals surface area contributed by atoms with Gasteiger partial charge in [-0.2, -0.15) is 0 Å². The van der Waals surface area contributed by atoms with Gasteiger partial charge in [-0.05, 0) is 31.6 Å². The number of rotatable bonds is 0. The molecule has 0 bridgehead atoms. The third-order valence-electron chi connectivity index (χ3n) is 2.56. The molecule has 0 fully saturated rings. The summed E-state index contributed by atoms with van der Waals surface area (Å²) in [6, 6.07) is 0. The van der Waals surface area contributed by atoms with Crippen molar-refractivity contribution >= 4 is 11.3 Å². The summed E-state index contributed by atoms with van der Waals surface area (Å²) in [4.78, 5) is 6.10. The lowest BCUT2D eigenvalue weighted by Gasteiger charge is -2.28. The maximum absolute atomic E-state index is 4.57. The molecular weight excluding hydrogens is 166 g/mol. The van der Waals surface area contributed by atoms with Crippen LogP contribution in [-0.4, -0.2) is 4.98 Å². The van der Waals surface area contributed by atoms with Gasteiger partial charge in [0.25, 0.3) is 0 Å². The van der Waals surface area contributed by atoms with E-state index in [1.165, 1.54) is 34.8 Å². The molecule has 1 heterocycles. The molecule has 1 nitrogen and oxygen atoms in total. The summed E-state index contributed by atoms with van der Waals surface area (Å²) >= 11 is 1.88. The normalized spacial score (nSPS) is 20.6. The number of hydrogen-bond donors (Lipinski definition) is 0. The van der Waals surface area contributed by atoms with Crippen LogP contribution in [0.15, 0.2) is 0 Å². The van der Waals surface area contributed by atoms with Crippen LogP contribution in [0.5, 0.6) is 0 Å². The van der Waals surface area contributed by atoms with Crippen molar-refractivity contribution < 1.29 is 0 Å². The van der Waals surface area contributed by atoms with E-state index in [2.05, 4.69) is 25.8 Å². The highest BCUT2D eigenvalue weighted by atomic mass is 32.1. The van der Waals surface area contributed by atoms with Gasteiger partial charge in [-0.15, -0.1) is 11.3 Å². The van der Waals surface area contributed by atoms with Crippen molar-refractivity contribution in [2.75, 3.05) is 0 Å². The standard InChI is InChI=1S/C10H15NS/c1-7-11-8-6-10(2,3)5-4-9(8)12-7/h4-6H2,1-3H3. The molecule has 1 aliphatic rings. The molecule has 1 aliphatic carbocycles. The molecule has 0 amide bonds. The Kier molecular flexibility index (Phi) is 1.76. The van der Waals surface area contributed by atoms with Crippen molar-refractivity contribution in [2.24, 2.45) is 5.41 Å². The SMILES string of the molecule is Cc1nc2c(s1)CCC(C)(C)C2. The van der Waals surface area contributed by atoms with Gasteiger partial charge in [0.15, 0.2) is 0 Å². The molecule has 0 saturated heterocycles. The van der Waals surface area contributed by atoms with E-state index in [4.69, 9.17) is 0 Å². The third-order valence-corrected chi connectivity index (χ3v) is 3.63. The van der Waals surface area contributed by atoms with Gasteiger partial charge in [0.05, 0.1) is 10.7 Å². The van der Waals surface area contributed by atoms with Crippen molar-refractivity contribution in [1.82, 2.24) is 4.98 Å². The van der Waals surface area contributed by atoms with Crippen LogP contribution in [-0.2, 0) is 12.8 Å². The van der Waals surface area contributed by atoms with Gasteiger partial charge in [-0.25, -0.2) is 4.98 Å². The van der Waals surface area contributed by atoms with E-state index in [9.17, 15) is 0 Å². The van der Waals surface area contributed by atoms with Gasteiger partial charge in [-0.1, -0.05) is 13.8 Å². The smallest absolute Gasteiger partial charge is 0.0900 e. The molecule has 0 unspecified atom stereocenters. The van der Waals surface area contributed by atoms with Crippen LogP contribution in [0, 0.1) is 12.3 Å². The van der Waals surface area contributed by atoms with E-state index in [-0.39, 0.29) is 0 Å². The zero-order valence-corrected chi connectivity index (χ0v) is 8.79. The Morgan fingerprint density at radius 1 is 1.42 bits per heavy atom. The molecule has 0 atom stereocenters. The molecule has 1 aromatic heterocycles.